The Balaban J connectivity index is 1.53. The number of sulfone groups is 1. The lowest BCUT2D eigenvalue weighted by molar-refractivity contribution is -0.228. The molecule has 3 aliphatic rings. The van der Waals surface area contributed by atoms with E-state index in [1.165, 1.54) is 24.3 Å². The number of benzene rings is 2. The Kier molecular flexibility index (Phi) is 6.64. The summed E-state index contributed by atoms with van der Waals surface area (Å²) in [7, 11) is -3.13. The fourth-order valence-electron chi connectivity index (χ4n) is 6.62. The van der Waals surface area contributed by atoms with E-state index in [0.717, 1.165) is 11.1 Å². The molecule has 0 spiro atoms. The Morgan fingerprint density at radius 2 is 1.68 bits per heavy atom. The van der Waals surface area contributed by atoms with Crippen LogP contribution >= 0.6 is 0 Å². The summed E-state index contributed by atoms with van der Waals surface area (Å²) < 4.78 is 92.6. The van der Waals surface area contributed by atoms with Gasteiger partial charge in [0.15, 0.2) is 0 Å². The van der Waals surface area contributed by atoms with E-state index in [-0.39, 0.29) is 48.0 Å². The van der Waals surface area contributed by atoms with Crippen LogP contribution in [0.25, 0.3) is 0 Å². The Hall–Kier alpha value is -2.49. The Bertz CT molecular complexity index is 1330. The normalized spacial score (nSPS) is 26.9. The Labute approximate surface area is 219 Å². The molecule has 1 unspecified atom stereocenters. The van der Waals surface area contributed by atoms with Gasteiger partial charge in [0.05, 0.1) is 11.5 Å². The summed E-state index contributed by atoms with van der Waals surface area (Å²) in [6, 6.07) is 9.87. The van der Waals surface area contributed by atoms with Gasteiger partial charge in [0.1, 0.15) is 15.7 Å². The first-order chi connectivity index (χ1) is 17.7. The number of hydrogen-bond acceptors (Lipinski definition) is 3. The zero-order chi connectivity index (χ0) is 27.5. The summed E-state index contributed by atoms with van der Waals surface area (Å²) in [6.45, 7) is 0.952. The minimum absolute atomic E-state index is 0.0184. The van der Waals surface area contributed by atoms with E-state index in [1.54, 1.807) is 18.2 Å². The van der Waals surface area contributed by atoms with Crippen molar-refractivity contribution in [2.45, 2.75) is 68.8 Å². The number of fused-ring (bicyclic) bond motifs is 3. The molecule has 2 fully saturated rings. The first kappa shape index (κ1) is 27.1. The van der Waals surface area contributed by atoms with Gasteiger partial charge in [-0.1, -0.05) is 30.3 Å². The summed E-state index contributed by atoms with van der Waals surface area (Å²) in [4.78, 5) is 15.5. The molecule has 2 saturated heterocycles. The van der Waals surface area contributed by atoms with Gasteiger partial charge >= 0.3 is 6.18 Å². The fourth-order valence-corrected chi connectivity index (χ4v) is 8.12. The molecule has 1 aliphatic carbocycles. The molecule has 2 aromatic rings. The van der Waals surface area contributed by atoms with Crippen LogP contribution in [0.3, 0.4) is 0 Å². The van der Waals surface area contributed by atoms with Crippen molar-refractivity contribution >= 4 is 15.7 Å². The van der Waals surface area contributed by atoms with Crippen molar-refractivity contribution in [1.82, 2.24) is 4.90 Å². The third kappa shape index (κ3) is 4.62. The zero-order valence-electron chi connectivity index (χ0n) is 21.0. The molecule has 3 atom stereocenters. The number of amides is 1. The molecule has 5 rings (SSSR count). The smallest absolute Gasteiger partial charge is 0.339 e. The maximum Gasteiger partial charge on any atom is 0.426 e. The second-order valence-electron chi connectivity index (χ2n) is 11.1. The minimum Gasteiger partial charge on any atom is -0.339 e. The molecule has 0 radical (unpaired) electrons. The number of aryl methyl sites for hydroxylation is 1. The minimum atomic E-state index is -5.06. The molecule has 10 heteroatoms. The molecule has 2 aromatic carbocycles. The molecule has 0 bridgehead atoms. The number of carbonyl (C=O) groups excluding carboxylic acids is 1. The van der Waals surface area contributed by atoms with Gasteiger partial charge in [-0.05, 0) is 79.8 Å². The molecule has 0 saturated carbocycles. The molecule has 38 heavy (non-hydrogen) atoms. The van der Waals surface area contributed by atoms with Crippen LogP contribution in [0.5, 0.6) is 0 Å². The number of alkyl halides is 4. The second-order valence-corrected chi connectivity index (χ2v) is 13.4. The van der Waals surface area contributed by atoms with Crippen molar-refractivity contribution < 1.29 is 35.2 Å². The van der Waals surface area contributed by atoms with Crippen LogP contribution in [0.2, 0.25) is 0 Å². The molecule has 206 valence electrons. The molecule has 2 aliphatic heterocycles. The summed E-state index contributed by atoms with van der Waals surface area (Å²) >= 11 is 0. The van der Waals surface area contributed by atoms with Crippen LogP contribution in [-0.4, -0.2) is 49.5 Å². The molecule has 0 N–H and O–H groups in total. The van der Waals surface area contributed by atoms with Crippen molar-refractivity contribution in [3.8, 4) is 0 Å². The Morgan fingerprint density at radius 3 is 2.32 bits per heavy atom. The van der Waals surface area contributed by atoms with Gasteiger partial charge < -0.3 is 4.90 Å². The quantitative estimate of drug-likeness (QED) is 0.474. The predicted molar refractivity (Wildman–Crippen MR) is 133 cm³/mol. The van der Waals surface area contributed by atoms with Gasteiger partial charge in [-0.15, -0.1) is 0 Å². The number of nitrogens with zero attached hydrogens (tertiary/aromatic N) is 1. The average Bonchev–Trinajstić information content (AvgIpc) is 3.23. The van der Waals surface area contributed by atoms with Crippen molar-refractivity contribution in [3.63, 3.8) is 0 Å². The van der Waals surface area contributed by atoms with Crippen LogP contribution in [0.1, 0.15) is 54.9 Å². The number of carbonyl (C=O) groups is 1. The van der Waals surface area contributed by atoms with Crippen molar-refractivity contribution in [2.75, 3.05) is 18.1 Å². The lowest BCUT2D eigenvalue weighted by Gasteiger charge is -2.44. The summed E-state index contributed by atoms with van der Waals surface area (Å²) in [5.74, 6) is -0.895. The van der Waals surface area contributed by atoms with Crippen molar-refractivity contribution in [3.05, 3.63) is 70.5 Å². The van der Waals surface area contributed by atoms with Crippen LogP contribution in [0.4, 0.5) is 22.0 Å². The monoisotopic (exact) mass is 555 g/mol. The van der Waals surface area contributed by atoms with E-state index >= 15 is 0 Å². The van der Waals surface area contributed by atoms with Crippen LogP contribution in [-0.2, 0) is 38.6 Å². The van der Waals surface area contributed by atoms with E-state index in [0.29, 0.717) is 44.7 Å². The van der Waals surface area contributed by atoms with Gasteiger partial charge in [-0.2, -0.15) is 13.2 Å². The largest absolute Gasteiger partial charge is 0.426 e. The molecular formula is C28H30F5NO3S. The third-order valence-electron chi connectivity index (χ3n) is 8.84. The molecule has 4 nitrogen and oxygen atoms in total. The highest BCUT2D eigenvalue weighted by atomic mass is 32.2. The van der Waals surface area contributed by atoms with Crippen LogP contribution in [0, 0.1) is 11.7 Å². The fraction of sp³-hybridized carbons (Fsp3) is 0.536. The summed E-state index contributed by atoms with van der Waals surface area (Å²) in [5, 5.41) is 0. The molecule has 2 heterocycles. The van der Waals surface area contributed by atoms with Gasteiger partial charge in [0, 0.05) is 23.9 Å². The topological polar surface area (TPSA) is 54.5 Å². The third-order valence-corrected chi connectivity index (χ3v) is 10.6. The highest BCUT2D eigenvalue weighted by Gasteiger charge is 2.56. The predicted octanol–water partition coefficient (Wildman–Crippen LogP) is 5.43. The zero-order valence-corrected chi connectivity index (χ0v) is 21.8. The van der Waals surface area contributed by atoms with Crippen LogP contribution in [0.15, 0.2) is 42.5 Å². The molecular weight excluding hydrogens is 525 g/mol. The lowest BCUT2D eigenvalue weighted by Crippen LogP contribution is -2.51. The summed E-state index contributed by atoms with van der Waals surface area (Å²) in [5.41, 5.74) is -2.33. The van der Waals surface area contributed by atoms with Crippen molar-refractivity contribution in [1.29, 1.82) is 0 Å². The molecule has 0 aromatic heterocycles. The van der Waals surface area contributed by atoms with E-state index in [9.17, 15) is 35.2 Å². The van der Waals surface area contributed by atoms with E-state index in [4.69, 9.17) is 0 Å². The number of rotatable bonds is 4. The van der Waals surface area contributed by atoms with Gasteiger partial charge in [-0.25, -0.2) is 17.2 Å². The lowest BCUT2D eigenvalue weighted by atomic mass is 9.63. The van der Waals surface area contributed by atoms with E-state index in [2.05, 4.69) is 0 Å². The SMILES string of the molecule is CC(F)(c1ccc2c(c1)CC[C@@H]1N(C(=O)C3CCS(=O)(=O)CC3)CC[C@]21Cc1ccc(F)cc1)C(F)(F)F. The average molecular weight is 556 g/mol. The highest BCUT2D eigenvalue weighted by molar-refractivity contribution is 7.91. The maximum atomic E-state index is 14.8. The van der Waals surface area contributed by atoms with Crippen molar-refractivity contribution in [2.24, 2.45) is 5.92 Å². The highest BCUT2D eigenvalue weighted by Crippen LogP contribution is 2.51. The standard InChI is InChI=1S/C28H30F5NO3S/c1-26(30,28(31,32)33)21-5-8-23-20(16-21)4-9-24-27(23,17-18-2-6-22(29)7-3-18)12-13-34(24)25(35)19-10-14-38(36,37)15-11-19/h2-3,5-8,16,19,24H,4,9-15,17H2,1H3/t24-,26?,27-/m0/s1. The second kappa shape index (κ2) is 9.31. The summed E-state index contributed by atoms with van der Waals surface area (Å²) in [6.07, 6.45) is -2.64. The van der Waals surface area contributed by atoms with Crippen LogP contribution < -0.4 is 0 Å². The number of likely N-dealkylation sites (tertiary alicyclic amines) is 1. The number of hydrogen-bond donors (Lipinski definition) is 0. The van der Waals surface area contributed by atoms with Gasteiger partial charge in [0.2, 0.25) is 11.6 Å². The number of halogens is 5. The van der Waals surface area contributed by atoms with E-state index in [1.807, 2.05) is 4.90 Å². The molecule has 1 amide bonds. The van der Waals surface area contributed by atoms with Gasteiger partial charge in [-0.3, -0.25) is 4.79 Å². The first-order valence-corrected chi connectivity index (χ1v) is 14.7. The van der Waals surface area contributed by atoms with Gasteiger partial charge in [0.25, 0.3) is 0 Å². The van der Waals surface area contributed by atoms with E-state index < -0.39 is 32.7 Å². The maximum absolute atomic E-state index is 14.8. The first-order valence-electron chi connectivity index (χ1n) is 12.9. The Morgan fingerprint density at radius 1 is 1.03 bits per heavy atom.